The summed E-state index contributed by atoms with van der Waals surface area (Å²) in [5.74, 6) is 1.18. The normalized spacial score (nSPS) is 28.8. The zero-order chi connectivity index (χ0) is 19.2. The first-order chi connectivity index (χ1) is 12.9. The number of alkyl halides is 3. The Morgan fingerprint density at radius 2 is 2.00 bits per heavy atom. The fourth-order valence-electron chi connectivity index (χ4n) is 4.15. The van der Waals surface area contributed by atoms with Crippen molar-refractivity contribution in [2.45, 2.75) is 23.5 Å². The van der Waals surface area contributed by atoms with Crippen molar-refractivity contribution in [2.75, 3.05) is 45.6 Å². The molecule has 1 saturated heterocycles. The van der Waals surface area contributed by atoms with E-state index in [1.165, 1.54) is 31.0 Å². The number of carbonyl (C=O) groups excluding carboxylic acids is 1. The summed E-state index contributed by atoms with van der Waals surface area (Å²) in [6, 6.07) is 4.34. The van der Waals surface area contributed by atoms with Crippen LogP contribution >= 0.6 is 11.8 Å². The maximum Gasteiger partial charge on any atom is 0.416 e. The molecule has 4 rings (SSSR count). The second-order valence-electron chi connectivity index (χ2n) is 7.54. The first-order valence-corrected chi connectivity index (χ1v) is 10.2. The minimum Gasteiger partial charge on any atom is -0.469 e. The highest BCUT2D eigenvalue weighted by Crippen LogP contribution is 2.44. The lowest BCUT2D eigenvalue weighted by molar-refractivity contribution is -0.142. The molecular formula is C19H23F3N2O2S. The number of halogens is 3. The molecule has 2 aliphatic heterocycles. The Morgan fingerprint density at radius 1 is 1.26 bits per heavy atom. The monoisotopic (exact) mass is 400 g/mol. The molecule has 0 N–H and O–H groups in total. The number of esters is 1. The van der Waals surface area contributed by atoms with Gasteiger partial charge in [0.2, 0.25) is 0 Å². The second-order valence-corrected chi connectivity index (χ2v) is 8.60. The van der Waals surface area contributed by atoms with E-state index in [1.54, 1.807) is 6.07 Å². The van der Waals surface area contributed by atoms with Gasteiger partial charge in [-0.15, -0.1) is 11.8 Å². The number of nitrogens with zero attached hydrogens (tertiary/aromatic N) is 2. The molecule has 3 aliphatic rings. The van der Waals surface area contributed by atoms with Crippen molar-refractivity contribution in [1.29, 1.82) is 0 Å². The summed E-state index contributed by atoms with van der Waals surface area (Å²) in [6.45, 7) is 4.60. The number of hydrogen-bond donors (Lipinski definition) is 0. The lowest BCUT2D eigenvalue weighted by Crippen LogP contribution is -2.48. The fraction of sp³-hybridized carbons (Fsp3) is 0.632. The molecule has 0 radical (unpaired) electrons. The number of benzene rings is 1. The first-order valence-electron chi connectivity index (χ1n) is 9.25. The number of methoxy groups -OCH3 is 1. The second kappa shape index (κ2) is 7.29. The van der Waals surface area contributed by atoms with Crippen LogP contribution in [-0.4, -0.2) is 61.4 Å². The SMILES string of the molecule is COC(=O)[C@@H]1CC1CN1CCN(C2CSc3cc(C(F)(F)F)ccc32)CC1. The highest BCUT2D eigenvalue weighted by Gasteiger charge is 2.45. The lowest BCUT2D eigenvalue weighted by atomic mass is 10.0. The van der Waals surface area contributed by atoms with E-state index in [0.717, 1.165) is 55.4 Å². The van der Waals surface area contributed by atoms with Gasteiger partial charge >= 0.3 is 12.1 Å². The van der Waals surface area contributed by atoms with Crippen LogP contribution in [-0.2, 0) is 15.7 Å². The topological polar surface area (TPSA) is 32.8 Å². The summed E-state index contributed by atoms with van der Waals surface area (Å²) >= 11 is 1.52. The molecule has 2 heterocycles. The first kappa shape index (κ1) is 19.1. The minimum atomic E-state index is -4.29. The predicted octanol–water partition coefficient (Wildman–Crippen LogP) is 3.28. The third-order valence-corrected chi connectivity index (χ3v) is 7.01. The van der Waals surface area contributed by atoms with E-state index in [0.29, 0.717) is 5.92 Å². The van der Waals surface area contributed by atoms with Gasteiger partial charge in [-0.3, -0.25) is 9.69 Å². The Balaban J connectivity index is 1.32. The van der Waals surface area contributed by atoms with Crippen molar-refractivity contribution in [1.82, 2.24) is 9.80 Å². The van der Waals surface area contributed by atoms with Gasteiger partial charge in [0.05, 0.1) is 18.6 Å². The molecule has 1 aliphatic carbocycles. The van der Waals surface area contributed by atoms with Crippen molar-refractivity contribution in [3.05, 3.63) is 29.3 Å². The van der Waals surface area contributed by atoms with E-state index in [4.69, 9.17) is 4.74 Å². The van der Waals surface area contributed by atoms with Gasteiger partial charge in [-0.2, -0.15) is 13.2 Å². The van der Waals surface area contributed by atoms with Crippen LogP contribution < -0.4 is 0 Å². The van der Waals surface area contributed by atoms with Gasteiger partial charge in [-0.25, -0.2) is 0 Å². The third kappa shape index (κ3) is 3.98. The van der Waals surface area contributed by atoms with Gasteiger partial charge in [-0.1, -0.05) is 6.07 Å². The molecule has 4 nitrogen and oxygen atoms in total. The molecule has 2 unspecified atom stereocenters. The van der Waals surface area contributed by atoms with E-state index in [9.17, 15) is 18.0 Å². The van der Waals surface area contributed by atoms with Gasteiger partial charge in [0.1, 0.15) is 0 Å². The molecule has 2 fully saturated rings. The Labute approximate surface area is 161 Å². The summed E-state index contributed by atoms with van der Waals surface area (Å²) in [4.78, 5) is 17.1. The molecule has 0 spiro atoms. The summed E-state index contributed by atoms with van der Waals surface area (Å²) in [5, 5.41) is 0. The number of piperazine rings is 1. The Hall–Kier alpha value is -1.25. The summed E-state index contributed by atoms with van der Waals surface area (Å²) in [6.07, 6.45) is -3.37. The van der Waals surface area contributed by atoms with Crippen LogP contribution in [0.2, 0.25) is 0 Å². The van der Waals surface area contributed by atoms with E-state index in [2.05, 4.69) is 9.80 Å². The van der Waals surface area contributed by atoms with Crippen molar-refractivity contribution in [3.8, 4) is 0 Å². The zero-order valence-corrected chi connectivity index (χ0v) is 16.0. The van der Waals surface area contributed by atoms with Crippen LogP contribution in [0.4, 0.5) is 13.2 Å². The van der Waals surface area contributed by atoms with Gasteiger partial charge < -0.3 is 9.64 Å². The number of ether oxygens (including phenoxy) is 1. The number of rotatable bonds is 4. The van der Waals surface area contributed by atoms with E-state index < -0.39 is 11.7 Å². The molecule has 1 aromatic carbocycles. The summed E-state index contributed by atoms with van der Waals surface area (Å²) < 4.78 is 43.5. The molecule has 3 atom stereocenters. The number of carbonyl (C=O) groups is 1. The molecule has 1 saturated carbocycles. The van der Waals surface area contributed by atoms with Crippen molar-refractivity contribution in [3.63, 3.8) is 0 Å². The van der Waals surface area contributed by atoms with Gasteiger partial charge in [0, 0.05) is 49.4 Å². The smallest absolute Gasteiger partial charge is 0.416 e. The van der Waals surface area contributed by atoms with Gasteiger partial charge in [0.25, 0.3) is 0 Å². The Kier molecular flexibility index (Phi) is 5.16. The molecule has 8 heteroatoms. The highest BCUT2D eigenvalue weighted by atomic mass is 32.2. The molecule has 0 bridgehead atoms. The average Bonchev–Trinajstić information content (AvgIpc) is 3.28. The largest absolute Gasteiger partial charge is 0.469 e. The fourth-order valence-corrected chi connectivity index (χ4v) is 5.46. The predicted molar refractivity (Wildman–Crippen MR) is 96.5 cm³/mol. The Morgan fingerprint density at radius 3 is 2.67 bits per heavy atom. The zero-order valence-electron chi connectivity index (χ0n) is 15.2. The molecular weight excluding hydrogens is 377 g/mol. The van der Waals surface area contributed by atoms with Gasteiger partial charge in [-0.05, 0) is 30.0 Å². The molecule has 27 heavy (non-hydrogen) atoms. The molecule has 148 valence electrons. The molecule has 1 aromatic rings. The van der Waals surface area contributed by atoms with Gasteiger partial charge in [0.15, 0.2) is 0 Å². The number of fused-ring (bicyclic) bond motifs is 1. The average molecular weight is 400 g/mol. The van der Waals surface area contributed by atoms with Crippen molar-refractivity contribution < 1.29 is 22.7 Å². The van der Waals surface area contributed by atoms with Crippen LogP contribution in [0, 0.1) is 11.8 Å². The third-order valence-electron chi connectivity index (χ3n) is 5.86. The molecule has 0 aromatic heterocycles. The maximum absolute atomic E-state index is 12.9. The van der Waals surface area contributed by atoms with E-state index in [1.807, 2.05) is 0 Å². The summed E-state index contributed by atoms with van der Waals surface area (Å²) in [7, 11) is 1.44. The quantitative estimate of drug-likeness (QED) is 0.725. The van der Waals surface area contributed by atoms with Crippen molar-refractivity contribution >= 4 is 17.7 Å². The van der Waals surface area contributed by atoms with Crippen LogP contribution in [0.3, 0.4) is 0 Å². The van der Waals surface area contributed by atoms with Crippen LogP contribution in [0.15, 0.2) is 23.1 Å². The van der Waals surface area contributed by atoms with Crippen LogP contribution in [0.1, 0.15) is 23.6 Å². The maximum atomic E-state index is 12.9. The number of thioether (sulfide) groups is 1. The van der Waals surface area contributed by atoms with E-state index >= 15 is 0 Å². The van der Waals surface area contributed by atoms with Crippen LogP contribution in [0.5, 0.6) is 0 Å². The minimum absolute atomic E-state index is 0.0639. The Bertz CT molecular complexity index is 719. The number of hydrogen-bond acceptors (Lipinski definition) is 5. The van der Waals surface area contributed by atoms with E-state index in [-0.39, 0.29) is 17.9 Å². The lowest BCUT2D eigenvalue weighted by Gasteiger charge is -2.38. The highest BCUT2D eigenvalue weighted by molar-refractivity contribution is 7.99. The van der Waals surface area contributed by atoms with Crippen molar-refractivity contribution in [2.24, 2.45) is 11.8 Å². The summed E-state index contributed by atoms with van der Waals surface area (Å²) in [5.41, 5.74) is 0.457. The van der Waals surface area contributed by atoms with Crippen LogP contribution in [0.25, 0.3) is 0 Å². The molecule has 0 amide bonds. The standard InChI is InChI=1S/C19H23F3N2O2S/c1-26-18(25)15-8-12(15)10-23-4-6-24(7-5-23)16-11-27-17-9-13(19(20,21)22)2-3-14(16)17/h2-3,9,12,15-16H,4-8,10-11H2,1H3/t12?,15-,16?/m1/s1.